The molecule has 0 heterocycles. The van der Waals surface area contributed by atoms with Crippen LogP contribution in [0.25, 0.3) is 32.3 Å². The second-order valence-corrected chi connectivity index (χ2v) is 15.9. The molecule has 0 aliphatic rings. The lowest BCUT2D eigenvalue weighted by Crippen LogP contribution is -2.04. The third-order valence-corrected chi connectivity index (χ3v) is 11.0. The largest absolute Gasteiger partial charge is 0.492 e. The molecule has 0 aromatic heterocycles. The van der Waals surface area contributed by atoms with Gasteiger partial charge in [0.25, 0.3) is 0 Å². The van der Waals surface area contributed by atoms with Crippen molar-refractivity contribution in [2.75, 3.05) is 33.0 Å². The fraction of sp³-hybridized carbons (Fsp3) is 0.625. The summed E-state index contributed by atoms with van der Waals surface area (Å²) in [7, 11) is 0. The van der Waals surface area contributed by atoms with Gasteiger partial charge in [-0.1, -0.05) is 131 Å². The zero-order valence-electron chi connectivity index (χ0n) is 34.6. The quantitative estimate of drug-likeness (QED) is 0.0388. The molecular weight excluding hydrogens is 736 g/mol. The van der Waals surface area contributed by atoms with E-state index in [1.165, 1.54) is 96.3 Å². The summed E-state index contributed by atoms with van der Waals surface area (Å²) >= 11 is 3.91. The monoisotopic (exact) mass is 806 g/mol. The molecule has 0 unspecified atom stereocenters. The molecule has 0 spiro atoms. The summed E-state index contributed by atoms with van der Waals surface area (Å²) in [5.74, 6) is 4.15. The number of halogens is 1. The fourth-order valence-electron chi connectivity index (χ4n) is 7.13. The second-order valence-electron chi connectivity index (χ2n) is 15.1. The Bertz CT molecular complexity index is 1620. The van der Waals surface area contributed by atoms with Gasteiger partial charge in [-0.05, 0) is 117 Å². The molecule has 0 saturated heterocycles. The molecule has 0 bridgehead atoms. The first-order chi connectivity index (χ1) is 26.6. The van der Waals surface area contributed by atoms with Crippen molar-refractivity contribution in [1.29, 1.82) is 0 Å². The highest BCUT2D eigenvalue weighted by Gasteiger charge is 2.20. The maximum Gasteiger partial charge on any atom is 0.161 e. The predicted molar refractivity (Wildman–Crippen MR) is 235 cm³/mol. The molecule has 0 amide bonds. The van der Waals surface area contributed by atoms with Crippen molar-refractivity contribution >= 4 is 48.2 Å². The maximum atomic E-state index is 6.59. The smallest absolute Gasteiger partial charge is 0.161 e. The van der Waals surface area contributed by atoms with Gasteiger partial charge in [-0.3, -0.25) is 0 Å². The first kappa shape index (κ1) is 43.9. The highest BCUT2D eigenvalue weighted by molar-refractivity contribution is 9.10. The zero-order chi connectivity index (χ0) is 38.4. The molecule has 0 N–H and O–H groups in total. The summed E-state index contributed by atoms with van der Waals surface area (Å²) in [5, 5.41) is 6.80. The average Bonchev–Trinajstić information content (AvgIpc) is 3.18. The van der Waals surface area contributed by atoms with Gasteiger partial charge in [0.15, 0.2) is 23.0 Å². The van der Waals surface area contributed by atoms with Gasteiger partial charge in [0.1, 0.15) is 5.75 Å². The van der Waals surface area contributed by atoms with E-state index < -0.39 is 0 Å². The van der Waals surface area contributed by atoms with E-state index in [-0.39, 0.29) is 0 Å². The van der Waals surface area contributed by atoms with Crippen molar-refractivity contribution in [2.24, 2.45) is 0 Å². The van der Waals surface area contributed by atoms with E-state index in [2.05, 4.69) is 86.9 Å². The van der Waals surface area contributed by atoms with E-state index in [0.29, 0.717) is 33.0 Å². The van der Waals surface area contributed by atoms with Crippen LogP contribution in [-0.4, -0.2) is 33.0 Å². The number of rotatable bonds is 30. The van der Waals surface area contributed by atoms with Gasteiger partial charge >= 0.3 is 0 Å². The summed E-state index contributed by atoms with van der Waals surface area (Å²) in [6.07, 6.45) is 23.2. The Morgan fingerprint density at radius 3 is 0.778 bits per heavy atom. The van der Waals surface area contributed by atoms with Crippen LogP contribution in [0.1, 0.15) is 163 Å². The highest BCUT2D eigenvalue weighted by Crippen LogP contribution is 2.46. The lowest BCUT2D eigenvalue weighted by Gasteiger charge is -2.20. The molecule has 0 aliphatic heterocycles. The summed E-state index contributed by atoms with van der Waals surface area (Å²) in [6.45, 7) is 14.6. The van der Waals surface area contributed by atoms with E-state index in [9.17, 15) is 0 Å². The molecule has 0 atom stereocenters. The van der Waals surface area contributed by atoms with Crippen molar-refractivity contribution in [3.05, 3.63) is 40.9 Å². The maximum absolute atomic E-state index is 6.59. The van der Waals surface area contributed by atoms with Gasteiger partial charge in [0.2, 0.25) is 0 Å². The standard InChI is InChI=1S/C48H71BrO5/c1-6-11-16-21-26-50-44-32-38-37(31-43(44)49)39-33-45(51-27-22-17-12-7-2)47(53-29-24-19-14-9-4)35-41(39)42-36-48(54-30-25-20-15-10-5)46(34-40(38)42)52-28-23-18-13-8-3/h31-36H,6-30H2,1-5H3. The topological polar surface area (TPSA) is 46.2 Å². The van der Waals surface area contributed by atoms with Crippen LogP contribution in [0.15, 0.2) is 40.9 Å². The SMILES string of the molecule is CCCCCCOc1cc2c(cc1Br)c1cc(OCCCCCC)c(OCCCCCC)cc1c1cc(OCCCCCC)c(OCCCCCC)cc21. The van der Waals surface area contributed by atoms with E-state index >= 15 is 0 Å². The minimum Gasteiger partial charge on any atom is -0.492 e. The van der Waals surface area contributed by atoms with Crippen LogP contribution in [0.5, 0.6) is 28.7 Å². The molecule has 4 rings (SSSR count). The van der Waals surface area contributed by atoms with E-state index in [0.717, 1.165) is 97.6 Å². The van der Waals surface area contributed by atoms with Gasteiger partial charge in [0, 0.05) is 0 Å². The first-order valence-electron chi connectivity index (χ1n) is 21.9. The third-order valence-electron chi connectivity index (χ3n) is 10.4. The van der Waals surface area contributed by atoms with Crippen molar-refractivity contribution in [1.82, 2.24) is 0 Å². The van der Waals surface area contributed by atoms with Gasteiger partial charge < -0.3 is 23.7 Å². The Morgan fingerprint density at radius 1 is 0.296 bits per heavy atom. The van der Waals surface area contributed by atoms with Gasteiger partial charge in [0.05, 0.1) is 37.5 Å². The van der Waals surface area contributed by atoms with Crippen LogP contribution in [0, 0.1) is 0 Å². The molecule has 0 radical (unpaired) electrons. The van der Waals surface area contributed by atoms with Crippen molar-refractivity contribution < 1.29 is 23.7 Å². The van der Waals surface area contributed by atoms with Crippen LogP contribution >= 0.6 is 15.9 Å². The Labute approximate surface area is 336 Å². The number of hydrogen-bond donors (Lipinski definition) is 0. The van der Waals surface area contributed by atoms with Crippen LogP contribution in [0.2, 0.25) is 0 Å². The number of hydrogen-bond acceptors (Lipinski definition) is 5. The second kappa shape index (κ2) is 25.3. The summed E-state index contributed by atoms with van der Waals surface area (Å²) in [4.78, 5) is 0. The predicted octanol–water partition coefficient (Wildman–Crippen LogP) is 15.7. The van der Waals surface area contributed by atoms with E-state index in [1.54, 1.807) is 0 Å². The highest BCUT2D eigenvalue weighted by atomic mass is 79.9. The molecule has 54 heavy (non-hydrogen) atoms. The lowest BCUT2D eigenvalue weighted by molar-refractivity contribution is 0.259. The zero-order valence-corrected chi connectivity index (χ0v) is 36.1. The molecule has 6 heteroatoms. The van der Waals surface area contributed by atoms with E-state index in [4.69, 9.17) is 23.7 Å². The average molecular weight is 808 g/mol. The summed E-state index contributed by atoms with van der Waals surface area (Å²) in [6, 6.07) is 13.3. The molecule has 4 aromatic carbocycles. The Hall–Kier alpha value is -2.86. The van der Waals surface area contributed by atoms with Crippen LogP contribution < -0.4 is 23.7 Å². The number of ether oxygens (including phenoxy) is 5. The fourth-order valence-corrected chi connectivity index (χ4v) is 7.58. The minimum absolute atomic E-state index is 0.675. The molecule has 0 aliphatic carbocycles. The van der Waals surface area contributed by atoms with Crippen molar-refractivity contribution in [2.45, 2.75) is 163 Å². The molecule has 0 fully saturated rings. The van der Waals surface area contributed by atoms with Gasteiger partial charge in [-0.15, -0.1) is 0 Å². The molecule has 300 valence electrons. The Kier molecular flexibility index (Phi) is 20.6. The minimum atomic E-state index is 0.675. The molecule has 5 nitrogen and oxygen atoms in total. The summed E-state index contributed by atoms with van der Waals surface area (Å²) < 4.78 is 33.7. The summed E-state index contributed by atoms with van der Waals surface area (Å²) in [5.41, 5.74) is 0. The van der Waals surface area contributed by atoms with Crippen LogP contribution in [-0.2, 0) is 0 Å². The number of unbranched alkanes of at least 4 members (excludes halogenated alkanes) is 15. The van der Waals surface area contributed by atoms with Gasteiger partial charge in [-0.2, -0.15) is 0 Å². The van der Waals surface area contributed by atoms with Crippen LogP contribution in [0.4, 0.5) is 0 Å². The number of benzene rings is 4. The number of fused-ring (bicyclic) bond motifs is 6. The van der Waals surface area contributed by atoms with Gasteiger partial charge in [-0.25, -0.2) is 0 Å². The molecular formula is C48H71BrO5. The lowest BCUT2D eigenvalue weighted by atomic mass is 9.93. The Morgan fingerprint density at radius 2 is 0.519 bits per heavy atom. The first-order valence-corrected chi connectivity index (χ1v) is 22.7. The third kappa shape index (κ3) is 13.4. The van der Waals surface area contributed by atoms with Crippen LogP contribution in [0.3, 0.4) is 0 Å². The molecule has 4 aromatic rings. The normalized spacial score (nSPS) is 11.5. The van der Waals surface area contributed by atoms with Crippen molar-refractivity contribution in [3.8, 4) is 28.7 Å². The molecule has 0 saturated carbocycles. The van der Waals surface area contributed by atoms with E-state index in [1.807, 2.05) is 0 Å². The van der Waals surface area contributed by atoms with Crippen molar-refractivity contribution in [3.63, 3.8) is 0 Å². The Balaban J connectivity index is 1.89.